The molecule has 0 aliphatic rings. The minimum absolute atomic E-state index is 0.286. The summed E-state index contributed by atoms with van der Waals surface area (Å²) in [5.74, 6) is 1.80. The van der Waals surface area contributed by atoms with Crippen molar-refractivity contribution in [3.05, 3.63) is 72.2 Å². The molecule has 0 fully saturated rings. The number of ether oxygens (including phenoxy) is 2. The van der Waals surface area contributed by atoms with E-state index in [4.69, 9.17) is 9.47 Å². The molecule has 3 aromatic rings. The Morgan fingerprint density at radius 3 is 2.43 bits per heavy atom. The third-order valence-corrected chi connectivity index (χ3v) is 3.95. The highest BCUT2D eigenvalue weighted by Gasteiger charge is 2.09. The first-order valence-electron chi connectivity index (χ1n) is 8.85. The summed E-state index contributed by atoms with van der Waals surface area (Å²) in [6, 6.07) is 16.5. The number of amides is 1. The van der Waals surface area contributed by atoms with Gasteiger partial charge in [-0.1, -0.05) is 17.7 Å². The van der Waals surface area contributed by atoms with E-state index in [0.717, 1.165) is 22.7 Å². The van der Waals surface area contributed by atoms with E-state index in [9.17, 15) is 4.79 Å². The number of carbonyl (C=O) groups is 1. The Kier molecular flexibility index (Phi) is 6.41. The van der Waals surface area contributed by atoms with Crippen LogP contribution in [0.4, 0.5) is 11.5 Å². The molecule has 3 rings (SSSR count). The predicted octanol–water partition coefficient (Wildman–Crippen LogP) is 3.54. The number of benzene rings is 2. The van der Waals surface area contributed by atoms with Crippen LogP contribution in [0.15, 0.2) is 60.9 Å². The van der Waals surface area contributed by atoms with Gasteiger partial charge in [0.15, 0.2) is 0 Å². The van der Waals surface area contributed by atoms with Gasteiger partial charge in [0.1, 0.15) is 35.9 Å². The summed E-state index contributed by atoms with van der Waals surface area (Å²) in [4.78, 5) is 20.5. The molecule has 0 saturated carbocycles. The molecule has 1 heterocycles. The molecule has 0 saturated heterocycles. The fourth-order valence-corrected chi connectivity index (χ4v) is 2.43. The summed E-state index contributed by atoms with van der Waals surface area (Å²) in [6.45, 7) is 2.97. The minimum atomic E-state index is -0.288. The summed E-state index contributed by atoms with van der Waals surface area (Å²) < 4.78 is 10.8. The quantitative estimate of drug-likeness (QED) is 0.583. The van der Waals surface area contributed by atoms with Crippen LogP contribution in [0.25, 0.3) is 0 Å². The first-order valence-corrected chi connectivity index (χ1v) is 8.85. The topological polar surface area (TPSA) is 85.4 Å². The lowest BCUT2D eigenvalue weighted by Gasteiger charge is -2.09. The van der Waals surface area contributed by atoms with Crippen LogP contribution in [-0.2, 0) is 0 Å². The van der Waals surface area contributed by atoms with E-state index in [1.54, 1.807) is 13.2 Å². The summed E-state index contributed by atoms with van der Waals surface area (Å²) in [6.07, 6.45) is 1.36. The van der Waals surface area contributed by atoms with E-state index in [-0.39, 0.29) is 11.6 Å². The second kappa shape index (κ2) is 9.36. The third kappa shape index (κ3) is 5.44. The number of hydrogen-bond donors (Lipinski definition) is 2. The Labute approximate surface area is 163 Å². The van der Waals surface area contributed by atoms with E-state index in [1.807, 2.05) is 55.5 Å². The Morgan fingerprint density at radius 2 is 1.71 bits per heavy atom. The normalized spacial score (nSPS) is 10.2. The van der Waals surface area contributed by atoms with Crippen LogP contribution < -0.4 is 20.1 Å². The standard InChI is InChI=1S/C21H22N4O3/c1-15-3-5-16(6-4-15)25-21(26)19-13-20(24-14-23-19)22-11-12-28-18-9-7-17(27-2)8-10-18/h3-10,13-14H,11-12H2,1-2H3,(H,25,26)(H,22,23,24). The Morgan fingerprint density at radius 1 is 1.00 bits per heavy atom. The predicted molar refractivity (Wildman–Crippen MR) is 108 cm³/mol. The highest BCUT2D eigenvalue weighted by molar-refractivity contribution is 6.03. The van der Waals surface area contributed by atoms with Gasteiger partial charge in [0.25, 0.3) is 5.91 Å². The van der Waals surface area contributed by atoms with Crippen LogP contribution >= 0.6 is 0 Å². The number of methoxy groups -OCH3 is 1. The largest absolute Gasteiger partial charge is 0.497 e. The number of nitrogens with zero attached hydrogens (tertiary/aromatic N) is 2. The number of nitrogens with one attached hydrogen (secondary N) is 2. The van der Waals surface area contributed by atoms with E-state index in [1.165, 1.54) is 6.33 Å². The molecule has 0 bridgehead atoms. The van der Waals surface area contributed by atoms with Gasteiger partial charge in [-0.15, -0.1) is 0 Å². The molecule has 0 spiro atoms. The van der Waals surface area contributed by atoms with Crippen LogP contribution in [0.5, 0.6) is 11.5 Å². The smallest absolute Gasteiger partial charge is 0.274 e. The number of carbonyl (C=O) groups excluding carboxylic acids is 1. The molecular formula is C21H22N4O3. The maximum atomic E-state index is 12.4. The molecule has 1 aromatic heterocycles. The molecule has 0 aliphatic heterocycles. The van der Waals surface area contributed by atoms with Crippen LogP contribution in [0.1, 0.15) is 16.1 Å². The molecule has 1 amide bonds. The summed E-state index contributed by atoms with van der Waals surface area (Å²) in [5, 5.41) is 5.94. The molecule has 0 unspecified atom stereocenters. The van der Waals surface area contributed by atoms with Gasteiger partial charge >= 0.3 is 0 Å². The van der Waals surface area contributed by atoms with Crippen molar-refractivity contribution in [3.63, 3.8) is 0 Å². The van der Waals surface area contributed by atoms with Crippen molar-refractivity contribution in [2.24, 2.45) is 0 Å². The zero-order chi connectivity index (χ0) is 19.8. The lowest BCUT2D eigenvalue weighted by Crippen LogP contribution is -2.16. The minimum Gasteiger partial charge on any atom is -0.497 e. The van der Waals surface area contributed by atoms with E-state index in [2.05, 4.69) is 20.6 Å². The van der Waals surface area contributed by atoms with Crippen LogP contribution in [0, 0.1) is 6.92 Å². The van der Waals surface area contributed by atoms with Gasteiger partial charge in [-0.3, -0.25) is 4.79 Å². The molecule has 144 valence electrons. The van der Waals surface area contributed by atoms with E-state index < -0.39 is 0 Å². The highest BCUT2D eigenvalue weighted by atomic mass is 16.5. The molecule has 0 aliphatic carbocycles. The van der Waals surface area contributed by atoms with Crippen LogP contribution in [0.2, 0.25) is 0 Å². The van der Waals surface area contributed by atoms with Crippen molar-refractivity contribution in [3.8, 4) is 11.5 Å². The van der Waals surface area contributed by atoms with E-state index in [0.29, 0.717) is 19.0 Å². The average Bonchev–Trinajstić information content (AvgIpc) is 2.73. The summed E-state index contributed by atoms with van der Waals surface area (Å²) in [5.41, 5.74) is 2.13. The Hall–Kier alpha value is -3.61. The molecule has 2 aromatic carbocycles. The highest BCUT2D eigenvalue weighted by Crippen LogP contribution is 2.17. The summed E-state index contributed by atoms with van der Waals surface area (Å²) >= 11 is 0. The fourth-order valence-electron chi connectivity index (χ4n) is 2.43. The molecule has 2 N–H and O–H groups in total. The van der Waals surface area contributed by atoms with Gasteiger partial charge < -0.3 is 20.1 Å². The van der Waals surface area contributed by atoms with E-state index >= 15 is 0 Å². The lowest BCUT2D eigenvalue weighted by molar-refractivity contribution is 0.102. The SMILES string of the molecule is COc1ccc(OCCNc2cc(C(=O)Nc3ccc(C)cc3)ncn2)cc1. The zero-order valence-corrected chi connectivity index (χ0v) is 15.8. The van der Waals surface area contributed by atoms with Gasteiger partial charge in [-0.05, 0) is 43.3 Å². The Bertz CT molecular complexity index is 912. The average molecular weight is 378 g/mol. The molecule has 28 heavy (non-hydrogen) atoms. The van der Waals surface area contributed by atoms with Crippen LogP contribution in [-0.4, -0.2) is 36.1 Å². The number of rotatable bonds is 8. The number of aryl methyl sites for hydroxylation is 1. The van der Waals surface area contributed by atoms with Crippen molar-refractivity contribution in [2.45, 2.75) is 6.92 Å². The number of aromatic nitrogens is 2. The van der Waals surface area contributed by atoms with Gasteiger partial charge in [-0.2, -0.15) is 0 Å². The van der Waals surface area contributed by atoms with Crippen molar-refractivity contribution < 1.29 is 14.3 Å². The van der Waals surface area contributed by atoms with Gasteiger partial charge in [0, 0.05) is 11.8 Å². The summed E-state index contributed by atoms with van der Waals surface area (Å²) in [7, 11) is 1.62. The number of anilines is 2. The first-order chi connectivity index (χ1) is 13.6. The van der Waals surface area contributed by atoms with Crippen molar-refractivity contribution >= 4 is 17.4 Å². The molecule has 7 nitrogen and oxygen atoms in total. The van der Waals surface area contributed by atoms with Gasteiger partial charge in [0.2, 0.25) is 0 Å². The Balaban J connectivity index is 1.49. The second-order valence-electron chi connectivity index (χ2n) is 6.06. The molecule has 7 heteroatoms. The maximum Gasteiger partial charge on any atom is 0.274 e. The fraction of sp³-hybridized carbons (Fsp3) is 0.190. The van der Waals surface area contributed by atoms with Crippen molar-refractivity contribution in [1.82, 2.24) is 9.97 Å². The molecule has 0 radical (unpaired) electrons. The lowest BCUT2D eigenvalue weighted by atomic mass is 10.2. The molecule has 0 atom stereocenters. The van der Waals surface area contributed by atoms with Crippen LogP contribution in [0.3, 0.4) is 0 Å². The first kappa shape index (κ1) is 19.2. The third-order valence-electron chi connectivity index (χ3n) is 3.95. The van der Waals surface area contributed by atoms with Crippen molar-refractivity contribution in [1.29, 1.82) is 0 Å². The second-order valence-corrected chi connectivity index (χ2v) is 6.06. The number of hydrogen-bond acceptors (Lipinski definition) is 6. The van der Waals surface area contributed by atoms with Crippen molar-refractivity contribution in [2.75, 3.05) is 30.9 Å². The monoisotopic (exact) mass is 378 g/mol. The van der Waals surface area contributed by atoms with Gasteiger partial charge in [0.05, 0.1) is 13.7 Å². The zero-order valence-electron chi connectivity index (χ0n) is 15.8. The molecular weight excluding hydrogens is 356 g/mol. The van der Waals surface area contributed by atoms with Gasteiger partial charge in [-0.25, -0.2) is 9.97 Å². The maximum absolute atomic E-state index is 12.4.